The van der Waals surface area contributed by atoms with Crippen LogP contribution in [-0.4, -0.2) is 19.1 Å². The van der Waals surface area contributed by atoms with E-state index in [9.17, 15) is 4.79 Å². The van der Waals surface area contributed by atoms with E-state index in [0.717, 1.165) is 6.42 Å². The molecule has 0 fully saturated rings. The highest BCUT2D eigenvalue weighted by molar-refractivity contribution is 5.95. The van der Waals surface area contributed by atoms with Crippen molar-refractivity contribution in [1.82, 2.24) is 5.32 Å². The molecule has 1 rings (SSSR count). The van der Waals surface area contributed by atoms with E-state index in [2.05, 4.69) is 12.2 Å². The Morgan fingerprint density at radius 3 is 2.60 bits per heavy atom. The second-order valence-corrected chi connectivity index (χ2v) is 4.87. The van der Waals surface area contributed by atoms with E-state index in [-0.39, 0.29) is 5.91 Å². The maximum Gasteiger partial charge on any atom is 0.251 e. The summed E-state index contributed by atoms with van der Waals surface area (Å²) in [5.74, 6) is 0.554. The number of hydrogen-bond donors (Lipinski definition) is 2. The molecule has 0 atom stereocenters. The van der Waals surface area contributed by atoms with Crippen molar-refractivity contribution in [3.63, 3.8) is 0 Å². The lowest BCUT2D eigenvalue weighted by Crippen LogP contribution is -2.22. The number of ether oxygens (including phenoxy) is 1. The molecule has 0 radical (unpaired) electrons. The molecule has 112 valence electrons. The molecule has 0 aliphatic heterocycles. The lowest BCUT2D eigenvalue weighted by molar-refractivity contribution is 0.0956. The summed E-state index contributed by atoms with van der Waals surface area (Å²) in [7, 11) is 0. The van der Waals surface area contributed by atoms with E-state index in [1.54, 1.807) is 18.2 Å². The van der Waals surface area contributed by atoms with Crippen molar-refractivity contribution in [2.75, 3.05) is 18.9 Å². The average molecular weight is 278 g/mol. The molecule has 0 aromatic heterocycles. The molecule has 0 saturated heterocycles. The van der Waals surface area contributed by atoms with Gasteiger partial charge in [0.15, 0.2) is 0 Å². The van der Waals surface area contributed by atoms with Gasteiger partial charge in [-0.3, -0.25) is 4.79 Å². The highest BCUT2D eigenvalue weighted by Gasteiger charge is 2.07. The van der Waals surface area contributed by atoms with Gasteiger partial charge < -0.3 is 15.8 Å². The number of amides is 1. The molecule has 20 heavy (non-hydrogen) atoms. The van der Waals surface area contributed by atoms with Crippen LogP contribution in [0.25, 0.3) is 0 Å². The van der Waals surface area contributed by atoms with Gasteiger partial charge in [-0.25, -0.2) is 0 Å². The topological polar surface area (TPSA) is 64.3 Å². The van der Waals surface area contributed by atoms with E-state index in [0.29, 0.717) is 30.2 Å². The molecule has 0 spiro atoms. The second-order valence-electron chi connectivity index (χ2n) is 4.87. The highest BCUT2D eigenvalue weighted by Crippen LogP contribution is 2.23. The summed E-state index contributed by atoms with van der Waals surface area (Å²) in [6.07, 6.45) is 6.01. The summed E-state index contributed by atoms with van der Waals surface area (Å²) in [5, 5.41) is 2.75. The number of unbranched alkanes of at least 4 members (excludes halogenated alkanes) is 4. The minimum absolute atomic E-state index is 0.106. The number of nitrogens with one attached hydrogen (secondary N) is 1. The van der Waals surface area contributed by atoms with Crippen molar-refractivity contribution >= 4 is 11.6 Å². The third-order valence-corrected chi connectivity index (χ3v) is 3.11. The smallest absolute Gasteiger partial charge is 0.251 e. The molecule has 0 saturated carbocycles. The predicted octanol–water partition coefficient (Wildman–Crippen LogP) is 3.37. The maximum atomic E-state index is 11.7. The molecule has 1 aromatic rings. The summed E-state index contributed by atoms with van der Waals surface area (Å²) < 4.78 is 5.65. The van der Waals surface area contributed by atoms with Gasteiger partial charge in [0, 0.05) is 12.1 Å². The molecule has 0 aliphatic rings. The van der Waals surface area contributed by atoms with Crippen LogP contribution in [0.5, 0.6) is 5.75 Å². The number of benzene rings is 1. The van der Waals surface area contributed by atoms with Crippen LogP contribution in [0.4, 0.5) is 5.69 Å². The highest BCUT2D eigenvalue weighted by atomic mass is 16.5. The average Bonchev–Trinajstić information content (AvgIpc) is 2.44. The van der Waals surface area contributed by atoms with Crippen LogP contribution in [0.3, 0.4) is 0 Å². The second kappa shape index (κ2) is 9.23. The van der Waals surface area contributed by atoms with Gasteiger partial charge in [-0.2, -0.15) is 0 Å². The van der Waals surface area contributed by atoms with Crippen LogP contribution in [0.2, 0.25) is 0 Å². The maximum absolute atomic E-state index is 11.7. The van der Waals surface area contributed by atoms with E-state index in [1.807, 2.05) is 6.92 Å². The van der Waals surface area contributed by atoms with E-state index < -0.39 is 0 Å². The summed E-state index contributed by atoms with van der Waals surface area (Å²) in [5.41, 5.74) is 7.00. The Morgan fingerprint density at radius 2 is 1.95 bits per heavy atom. The van der Waals surface area contributed by atoms with Crippen molar-refractivity contribution in [1.29, 1.82) is 0 Å². The van der Waals surface area contributed by atoms with Gasteiger partial charge in [0.1, 0.15) is 5.75 Å². The van der Waals surface area contributed by atoms with Gasteiger partial charge in [0.05, 0.1) is 12.3 Å². The molecule has 0 bridgehead atoms. The fraction of sp³-hybridized carbons (Fsp3) is 0.562. The largest absolute Gasteiger partial charge is 0.491 e. The van der Waals surface area contributed by atoms with Crippen LogP contribution in [0.15, 0.2) is 18.2 Å². The van der Waals surface area contributed by atoms with Gasteiger partial charge in [-0.15, -0.1) is 0 Å². The first-order valence-electron chi connectivity index (χ1n) is 7.49. The molecule has 1 amide bonds. The van der Waals surface area contributed by atoms with Crippen LogP contribution >= 0.6 is 0 Å². The van der Waals surface area contributed by atoms with E-state index >= 15 is 0 Å². The van der Waals surface area contributed by atoms with Crippen LogP contribution < -0.4 is 15.8 Å². The summed E-state index contributed by atoms with van der Waals surface area (Å²) >= 11 is 0. The minimum atomic E-state index is -0.106. The van der Waals surface area contributed by atoms with Gasteiger partial charge in [-0.1, -0.05) is 32.6 Å². The van der Waals surface area contributed by atoms with Gasteiger partial charge in [-0.05, 0) is 31.5 Å². The number of nitrogen functional groups attached to an aromatic ring is 1. The number of carbonyl (C=O) groups excluding carboxylic acids is 1. The molecule has 1 aromatic carbocycles. The molecular formula is C16H26N2O2. The standard InChI is InChI=1S/C16H26N2O2/c1-3-5-6-7-8-11-20-15-10-9-13(12-14(15)17)16(19)18-4-2/h9-10,12H,3-8,11,17H2,1-2H3,(H,18,19). The third-order valence-electron chi connectivity index (χ3n) is 3.11. The lowest BCUT2D eigenvalue weighted by atomic mass is 10.1. The van der Waals surface area contributed by atoms with Crippen molar-refractivity contribution in [2.24, 2.45) is 0 Å². The number of carbonyl (C=O) groups is 1. The Kier molecular flexibility index (Phi) is 7.55. The van der Waals surface area contributed by atoms with Crippen molar-refractivity contribution in [3.05, 3.63) is 23.8 Å². The SMILES string of the molecule is CCCCCCCOc1ccc(C(=O)NCC)cc1N. The zero-order chi connectivity index (χ0) is 14.8. The predicted molar refractivity (Wildman–Crippen MR) is 83.1 cm³/mol. The summed E-state index contributed by atoms with van der Waals surface area (Å²) in [6.45, 7) is 5.37. The first kappa shape index (κ1) is 16.3. The number of anilines is 1. The van der Waals surface area contributed by atoms with Gasteiger partial charge in [0.25, 0.3) is 5.91 Å². The number of rotatable bonds is 9. The van der Waals surface area contributed by atoms with Gasteiger partial charge >= 0.3 is 0 Å². The Bertz CT molecular complexity index is 419. The van der Waals surface area contributed by atoms with Gasteiger partial charge in [0.2, 0.25) is 0 Å². The molecule has 0 heterocycles. The van der Waals surface area contributed by atoms with Crippen LogP contribution in [-0.2, 0) is 0 Å². The fourth-order valence-corrected chi connectivity index (χ4v) is 1.97. The Hall–Kier alpha value is -1.71. The summed E-state index contributed by atoms with van der Waals surface area (Å²) in [6, 6.07) is 5.18. The zero-order valence-electron chi connectivity index (χ0n) is 12.6. The zero-order valence-corrected chi connectivity index (χ0v) is 12.6. The number of hydrogen-bond acceptors (Lipinski definition) is 3. The lowest BCUT2D eigenvalue weighted by Gasteiger charge is -2.10. The minimum Gasteiger partial charge on any atom is -0.491 e. The van der Waals surface area contributed by atoms with E-state index in [4.69, 9.17) is 10.5 Å². The normalized spacial score (nSPS) is 10.3. The molecule has 0 unspecified atom stereocenters. The Balaban J connectivity index is 2.42. The molecule has 4 nitrogen and oxygen atoms in total. The van der Waals surface area contributed by atoms with Crippen molar-refractivity contribution in [3.8, 4) is 5.75 Å². The quantitative estimate of drug-likeness (QED) is 0.537. The fourth-order valence-electron chi connectivity index (χ4n) is 1.97. The molecule has 3 N–H and O–H groups in total. The molecule has 0 aliphatic carbocycles. The Morgan fingerprint density at radius 1 is 1.20 bits per heavy atom. The summed E-state index contributed by atoms with van der Waals surface area (Å²) in [4.78, 5) is 11.7. The molecule has 4 heteroatoms. The Labute approximate surface area is 121 Å². The van der Waals surface area contributed by atoms with E-state index in [1.165, 1.54) is 25.7 Å². The van der Waals surface area contributed by atoms with Crippen LogP contribution in [0.1, 0.15) is 56.3 Å². The number of nitrogens with two attached hydrogens (primary N) is 1. The molecular weight excluding hydrogens is 252 g/mol. The van der Waals surface area contributed by atoms with Crippen molar-refractivity contribution < 1.29 is 9.53 Å². The first-order valence-corrected chi connectivity index (χ1v) is 7.49. The monoisotopic (exact) mass is 278 g/mol. The van der Waals surface area contributed by atoms with Crippen molar-refractivity contribution in [2.45, 2.75) is 46.0 Å². The first-order chi connectivity index (χ1) is 9.69. The third kappa shape index (κ3) is 5.51. The van der Waals surface area contributed by atoms with Crippen LogP contribution in [0, 0.1) is 0 Å².